The fourth-order valence-corrected chi connectivity index (χ4v) is 3.62. The molecule has 0 saturated carbocycles. The van der Waals surface area contributed by atoms with Crippen LogP contribution in [0.2, 0.25) is 0 Å². The number of fused-ring (bicyclic) bond motifs is 1. The van der Waals surface area contributed by atoms with Crippen LogP contribution >= 0.6 is 0 Å². The first-order chi connectivity index (χ1) is 13.0. The van der Waals surface area contributed by atoms with Gasteiger partial charge in [-0.15, -0.1) is 0 Å². The van der Waals surface area contributed by atoms with E-state index in [0.29, 0.717) is 13.0 Å². The molecule has 1 aliphatic rings. The maximum absolute atomic E-state index is 12.6. The number of nitrogens with one attached hydrogen (secondary N) is 1. The zero-order valence-electron chi connectivity index (χ0n) is 15.9. The molecule has 27 heavy (non-hydrogen) atoms. The summed E-state index contributed by atoms with van der Waals surface area (Å²) in [5, 5.41) is 3.03. The Balaban J connectivity index is 1.65. The van der Waals surface area contributed by atoms with Gasteiger partial charge in [-0.25, -0.2) is 0 Å². The SMILES string of the molecule is CCc1ccc(C(C)NC(=O)CN2Cc3ccccc3C[C@H]2C(N)=O)cc1. The van der Waals surface area contributed by atoms with Gasteiger partial charge in [-0.05, 0) is 42.0 Å². The molecular formula is C22H27N3O2. The zero-order chi connectivity index (χ0) is 19.4. The fraction of sp³-hybridized carbons (Fsp3) is 0.364. The quantitative estimate of drug-likeness (QED) is 0.825. The molecule has 5 nitrogen and oxygen atoms in total. The first-order valence-corrected chi connectivity index (χ1v) is 9.46. The maximum atomic E-state index is 12.6. The van der Waals surface area contributed by atoms with Crippen LogP contribution in [0.3, 0.4) is 0 Å². The molecular weight excluding hydrogens is 338 g/mol. The fourth-order valence-electron chi connectivity index (χ4n) is 3.62. The Hall–Kier alpha value is -2.66. The number of rotatable bonds is 6. The van der Waals surface area contributed by atoms with Crippen LogP contribution in [0, 0.1) is 0 Å². The van der Waals surface area contributed by atoms with E-state index in [9.17, 15) is 9.59 Å². The molecule has 5 heteroatoms. The van der Waals surface area contributed by atoms with Crippen LogP contribution in [0.15, 0.2) is 48.5 Å². The minimum Gasteiger partial charge on any atom is -0.368 e. The summed E-state index contributed by atoms with van der Waals surface area (Å²) in [6.07, 6.45) is 1.54. The number of amides is 2. The standard InChI is InChI=1S/C22H27N3O2/c1-3-16-8-10-17(11-9-16)15(2)24-21(26)14-25-13-19-7-5-4-6-18(19)12-20(25)22(23)27/h4-11,15,20H,3,12-14H2,1-2H3,(H2,23,27)(H,24,26)/t15?,20-/m0/s1. The average molecular weight is 365 g/mol. The average Bonchev–Trinajstić information content (AvgIpc) is 2.67. The number of benzene rings is 2. The molecule has 1 aliphatic heterocycles. The van der Waals surface area contributed by atoms with E-state index in [-0.39, 0.29) is 24.4 Å². The predicted molar refractivity (Wildman–Crippen MR) is 106 cm³/mol. The van der Waals surface area contributed by atoms with Crippen molar-refractivity contribution >= 4 is 11.8 Å². The molecule has 3 rings (SSSR count). The Bertz CT molecular complexity index is 817. The van der Waals surface area contributed by atoms with Gasteiger partial charge in [-0.2, -0.15) is 0 Å². The zero-order valence-corrected chi connectivity index (χ0v) is 15.9. The monoisotopic (exact) mass is 365 g/mol. The van der Waals surface area contributed by atoms with E-state index in [1.807, 2.05) is 48.2 Å². The van der Waals surface area contributed by atoms with Gasteiger partial charge in [0.2, 0.25) is 11.8 Å². The van der Waals surface area contributed by atoms with Gasteiger partial charge in [0, 0.05) is 6.54 Å². The lowest BCUT2D eigenvalue weighted by Gasteiger charge is -2.34. The van der Waals surface area contributed by atoms with Crippen LogP contribution in [0.1, 0.15) is 42.1 Å². The highest BCUT2D eigenvalue weighted by molar-refractivity contribution is 5.83. The van der Waals surface area contributed by atoms with Gasteiger partial charge in [0.15, 0.2) is 0 Å². The van der Waals surface area contributed by atoms with E-state index in [2.05, 4.69) is 24.4 Å². The van der Waals surface area contributed by atoms with Crippen LogP contribution in [-0.2, 0) is 29.0 Å². The second kappa shape index (κ2) is 8.35. The van der Waals surface area contributed by atoms with Crippen molar-refractivity contribution < 1.29 is 9.59 Å². The van der Waals surface area contributed by atoms with E-state index in [0.717, 1.165) is 23.1 Å². The van der Waals surface area contributed by atoms with Gasteiger partial charge in [-0.3, -0.25) is 14.5 Å². The van der Waals surface area contributed by atoms with E-state index in [4.69, 9.17) is 5.73 Å². The van der Waals surface area contributed by atoms with Crippen molar-refractivity contribution in [3.63, 3.8) is 0 Å². The predicted octanol–water partition coefficient (Wildman–Crippen LogP) is 2.34. The smallest absolute Gasteiger partial charge is 0.235 e. The van der Waals surface area contributed by atoms with E-state index in [1.54, 1.807) is 0 Å². The van der Waals surface area contributed by atoms with E-state index >= 15 is 0 Å². The van der Waals surface area contributed by atoms with Gasteiger partial charge in [0.05, 0.1) is 18.6 Å². The van der Waals surface area contributed by atoms with Crippen molar-refractivity contribution in [3.05, 3.63) is 70.8 Å². The molecule has 0 radical (unpaired) electrons. The highest BCUT2D eigenvalue weighted by Gasteiger charge is 2.31. The van der Waals surface area contributed by atoms with Crippen molar-refractivity contribution in [3.8, 4) is 0 Å². The molecule has 2 aromatic carbocycles. The van der Waals surface area contributed by atoms with Gasteiger partial charge < -0.3 is 11.1 Å². The summed E-state index contributed by atoms with van der Waals surface area (Å²) < 4.78 is 0. The summed E-state index contributed by atoms with van der Waals surface area (Å²) in [5.41, 5.74) is 10.2. The largest absolute Gasteiger partial charge is 0.368 e. The topological polar surface area (TPSA) is 75.4 Å². The Morgan fingerprint density at radius 1 is 1.15 bits per heavy atom. The van der Waals surface area contributed by atoms with Crippen molar-refractivity contribution in [2.75, 3.05) is 6.54 Å². The summed E-state index contributed by atoms with van der Waals surface area (Å²) >= 11 is 0. The molecule has 0 aliphatic carbocycles. The molecule has 2 atom stereocenters. The summed E-state index contributed by atoms with van der Waals surface area (Å²) in [6, 6.07) is 15.7. The minimum atomic E-state index is -0.454. The third kappa shape index (κ3) is 4.55. The van der Waals surface area contributed by atoms with Gasteiger partial charge in [-0.1, -0.05) is 55.5 Å². The maximum Gasteiger partial charge on any atom is 0.235 e. The van der Waals surface area contributed by atoms with Crippen LogP contribution < -0.4 is 11.1 Å². The normalized spacial score (nSPS) is 17.8. The number of nitrogens with zero attached hydrogens (tertiary/aromatic N) is 1. The number of primary amides is 1. The van der Waals surface area contributed by atoms with Gasteiger partial charge >= 0.3 is 0 Å². The number of nitrogens with two attached hydrogens (primary N) is 1. The van der Waals surface area contributed by atoms with Crippen LogP contribution in [0.4, 0.5) is 0 Å². The lowest BCUT2D eigenvalue weighted by molar-refractivity contribution is -0.127. The summed E-state index contributed by atoms with van der Waals surface area (Å²) in [7, 11) is 0. The molecule has 0 aromatic heterocycles. The number of aryl methyl sites for hydroxylation is 1. The van der Waals surface area contributed by atoms with Crippen LogP contribution in [0.5, 0.6) is 0 Å². The molecule has 0 bridgehead atoms. The highest BCUT2D eigenvalue weighted by Crippen LogP contribution is 2.23. The molecule has 0 saturated heterocycles. The highest BCUT2D eigenvalue weighted by atomic mass is 16.2. The molecule has 142 valence electrons. The Morgan fingerprint density at radius 2 is 1.81 bits per heavy atom. The molecule has 1 heterocycles. The minimum absolute atomic E-state index is 0.0903. The van der Waals surface area contributed by atoms with Crippen LogP contribution in [-0.4, -0.2) is 29.3 Å². The van der Waals surface area contributed by atoms with Crippen molar-refractivity contribution in [2.24, 2.45) is 5.73 Å². The molecule has 0 fully saturated rings. The number of carbonyl (C=O) groups excluding carboxylic acids is 2. The van der Waals surface area contributed by atoms with Crippen molar-refractivity contribution in [1.29, 1.82) is 0 Å². The van der Waals surface area contributed by atoms with Gasteiger partial charge in [0.25, 0.3) is 0 Å². The third-order valence-corrected chi connectivity index (χ3v) is 5.29. The van der Waals surface area contributed by atoms with E-state index in [1.165, 1.54) is 5.56 Å². The van der Waals surface area contributed by atoms with Crippen LogP contribution in [0.25, 0.3) is 0 Å². The number of carbonyl (C=O) groups is 2. The first kappa shape index (κ1) is 19.1. The van der Waals surface area contributed by atoms with Crippen molar-refractivity contribution in [1.82, 2.24) is 10.2 Å². The second-order valence-electron chi connectivity index (χ2n) is 7.18. The molecule has 1 unspecified atom stereocenters. The first-order valence-electron chi connectivity index (χ1n) is 9.46. The molecule has 2 amide bonds. The lowest BCUT2D eigenvalue weighted by atomic mass is 9.93. The Kier molecular flexibility index (Phi) is 5.91. The summed E-state index contributed by atoms with van der Waals surface area (Å²) in [5.74, 6) is -0.492. The number of hydrogen-bond acceptors (Lipinski definition) is 3. The Labute approximate surface area is 160 Å². The molecule has 3 N–H and O–H groups in total. The molecule has 0 spiro atoms. The summed E-state index contributed by atoms with van der Waals surface area (Å²) in [4.78, 5) is 26.4. The lowest BCUT2D eigenvalue weighted by Crippen LogP contribution is -2.51. The molecule has 2 aromatic rings. The van der Waals surface area contributed by atoms with Gasteiger partial charge in [0.1, 0.15) is 0 Å². The number of hydrogen-bond donors (Lipinski definition) is 2. The van der Waals surface area contributed by atoms with Crippen molar-refractivity contribution in [2.45, 2.75) is 45.3 Å². The Morgan fingerprint density at radius 3 is 2.44 bits per heavy atom. The van der Waals surface area contributed by atoms with E-state index < -0.39 is 6.04 Å². The summed E-state index contributed by atoms with van der Waals surface area (Å²) in [6.45, 7) is 4.79. The third-order valence-electron chi connectivity index (χ3n) is 5.29. The second-order valence-corrected chi connectivity index (χ2v) is 7.18.